The van der Waals surface area contributed by atoms with Crippen molar-refractivity contribution < 1.29 is 9.59 Å². The molecule has 0 aliphatic carbocycles. The number of benzene rings is 1. The number of nitrogens with zero attached hydrogens (tertiary/aromatic N) is 4. The average Bonchev–Trinajstić information content (AvgIpc) is 3.20. The highest BCUT2D eigenvalue weighted by Gasteiger charge is 2.12. The molecule has 0 bridgehead atoms. The monoisotopic (exact) mass is 380 g/mol. The molecule has 0 saturated heterocycles. The molecule has 1 aromatic carbocycles. The summed E-state index contributed by atoms with van der Waals surface area (Å²) in [6.07, 6.45) is 3.15. The quantitative estimate of drug-likeness (QED) is 0.657. The maximum atomic E-state index is 12.3. The lowest BCUT2D eigenvalue weighted by Gasteiger charge is -2.15. The molecular formula is C20H24N6O2. The van der Waals surface area contributed by atoms with Gasteiger partial charge in [0.2, 0.25) is 5.91 Å². The third-order valence-electron chi connectivity index (χ3n) is 4.19. The van der Waals surface area contributed by atoms with Gasteiger partial charge in [-0.15, -0.1) is 0 Å². The van der Waals surface area contributed by atoms with E-state index in [9.17, 15) is 9.59 Å². The van der Waals surface area contributed by atoms with E-state index in [1.807, 2.05) is 37.6 Å². The first-order chi connectivity index (χ1) is 13.4. The van der Waals surface area contributed by atoms with Crippen molar-refractivity contribution in [3.8, 4) is 0 Å². The molecule has 0 aliphatic rings. The SMILES string of the molecule is Cc1cc(C)n(CC(C)NC(=O)Cn2cc(NC(=O)c3ccccc3)cn2)n1. The van der Waals surface area contributed by atoms with Crippen molar-refractivity contribution >= 4 is 17.5 Å². The number of rotatable bonds is 7. The van der Waals surface area contributed by atoms with Gasteiger partial charge in [0.1, 0.15) is 6.54 Å². The molecule has 0 radical (unpaired) electrons. The second kappa shape index (κ2) is 8.51. The fourth-order valence-electron chi connectivity index (χ4n) is 2.94. The van der Waals surface area contributed by atoms with Gasteiger partial charge in [0, 0.05) is 23.5 Å². The zero-order valence-corrected chi connectivity index (χ0v) is 16.2. The molecule has 2 aromatic heterocycles. The molecule has 2 heterocycles. The van der Waals surface area contributed by atoms with Crippen molar-refractivity contribution in [2.75, 3.05) is 5.32 Å². The predicted molar refractivity (Wildman–Crippen MR) is 106 cm³/mol. The number of hydrogen-bond donors (Lipinski definition) is 2. The summed E-state index contributed by atoms with van der Waals surface area (Å²) in [5.74, 6) is -0.374. The van der Waals surface area contributed by atoms with E-state index >= 15 is 0 Å². The minimum absolute atomic E-state index is 0.0710. The van der Waals surface area contributed by atoms with E-state index in [1.54, 1.807) is 30.5 Å². The smallest absolute Gasteiger partial charge is 0.255 e. The Morgan fingerprint density at radius 3 is 2.61 bits per heavy atom. The fourth-order valence-corrected chi connectivity index (χ4v) is 2.94. The van der Waals surface area contributed by atoms with Gasteiger partial charge in [0.05, 0.1) is 24.1 Å². The van der Waals surface area contributed by atoms with Gasteiger partial charge in [0.25, 0.3) is 5.91 Å². The van der Waals surface area contributed by atoms with E-state index in [0.717, 1.165) is 11.4 Å². The number of aryl methyl sites for hydroxylation is 2. The molecule has 2 amide bonds. The van der Waals surface area contributed by atoms with Crippen molar-refractivity contribution in [3.63, 3.8) is 0 Å². The minimum atomic E-state index is -0.219. The Kier molecular flexibility index (Phi) is 5.88. The molecule has 0 spiro atoms. The first-order valence-corrected chi connectivity index (χ1v) is 9.10. The lowest BCUT2D eigenvalue weighted by molar-refractivity contribution is -0.122. The standard InChI is InChI=1S/C20H24N6O2/c1-14-9-16(3)26(24-14)11-15(2)22-19(27)13-25-12-18(10-21-25)23-20(28)17-7-5-4-6-8-17/h4-10,12,15H,11,13H2,1-3H3,(H,22,27)(H,23,28). The summed E-state index contributed by atoms with van der Waals surface area (Å²) in [7, 11) is 0. The van der Waals surface area contributed by atoms with Gasteiger partial charge in [-0.25, -0.2) is 0 Å². The summed E-state index contributed by atoms with van der Waals surface area (Å²) in [6, 6.07) is 10.9. The molecule has 1 unspecified atom stereocenters. The Morgan fingerprint density at radius 2 is 1.93 bits per heavy atom. The van der Waals surface area contributed by atoms with E-state index in [0.29, 0.717) is 17.8 Å². The van der Waals surface area contributed by atoms with E-state index in [4.69, 9.17) is 0 Å². The van der Waals surface area contributed by atoms with Crippen molar-refractivity contribution in [2.24, 2.45) is 0 Å². The molecule has 8 heteroatoms. The molecule has 2 N–H and O–H groups in total. The highest BCUT2D eigenvalue weighted by Crippen LogP contribution is 2.08. The number of carbonyl (C=O) groups is 2. The molecule has 0 saturated carbocycles. The van der Waals surface area contributed by atoms with Gasteiger partial charge in [-0.05, 0) is 39.0 Å². The van der Waals surface area contributed by atoms with Crippen LogP contribution in [0, 0.1) is 13.8 Å². The number of amides is 2. The van der Waals surface area contributed by atoms with Crippen LogP contribution in [-0.4, -0.2) is 37.4 Å². The first-order valence-electron chi connectivity index (χ1n) is 9.10. The van der Waals surface area contributed by atoms with Crippen molar-refractivity contribution in [2.45, 2.75) is 39.9 Å². The van der Waals surface area contributed by atoms with Crippen LogP contribution in [0.1, 0.15) is 28.7 Å². The summed E-state index contributed by atoms with van der Waals surface area (Å²) >= 11 is 0. The van der Waals surface area contributed by atoms with Crippen LogP contribution in [0.5, 0.6) is 0 Å². The molecule has 146 valence electrons. The third-order valence-corrected chi connectivity index (χ3v) is 4.19. The molecular weight excluding hydrogens is 356 g/mol. The highest BCUT2D eigenvalue weighted by molar-refractivity contribution is 6.04. The molecule has 0 fully saturated rings. The molecule has 3 rings (SSSR count). The molecule has 8 nitrogen and oxygen atoms in total. The summed E-state index contributed by atoms with van der Waals surface area (Å²) in [5.41, 5.74) is 3.12. The predicted octanol–water partition coefficient (Wildman–Crippen LogP) is 2.15. The molecule has 1 atom stereocenters. The summed E-state index contributed by atoms with van der Waals surface area (Å²) < 4.78 is 3.37. The van der Waals surface area contributed by atoms with E-state index in [-0.39, 0.29) is 24.4 Å². The number of hydrogen-bond acceptors (Lipinski definition) is 4. The van der Waals surface area contributed by atoms with Gasteiger partial charge in [0.15, 0.2) is 0 Å². The lowest BCUT2D eigenvalue weighted by Crippen LogP contribution is -2.38. The van der Waals surface area contributed by atoms with Gasteiger partial charge in [-0.2, -0.15) is 10.2 Å². The second-order valence-electron chi connectivity index (χ2n) is 6.82. The highest BCUT2D eigenvalue weighted by atomic mass is 16.2. The lowest BCUT2D eigenvalue weighted by atomic mass is 10.2. The Hall–Kier alpha value is -3.42. The Labute approximate surface area is 163 Å². The van der Waals surface area contributed by atoms with Gasteiger partial charge < -0.3 is 10.6 Å². The van der Waals surface area contributed by atoms with E-state index in [2.05, 4.69) is 20.8 Å². The first kappa shape index (κ1) is 19.3. The summed E-state index contributed by atoms with van der Waals surface area (Å²) in [6.45, 7) is 6.54. The number of nitrogens with one attached hydrogen (secondary N) is 2. The van der Waals surface area contributed by atoms with E-state index in [1.165, 1.54) is 10.9 Å². The Balaban J connectivity index is 1.51. The van der Waals surface area contributed by atoms with E-state index < -0.39 is 0 Å². The largest absolute Gasteiger partial charge is 0.350 e. The van der Waals surface area contributed by atoms with Crippen LogP contribution >= 0.6 is 0 Å². The zero-order chi connectivity index (χ0) is 20.1. The summed E-state index contributed by atoms with van der Waals surface area (Å²) in [4.78, 5) is 24.4. The van der Waals surface area contributed by atoms with Crippen LogP contribution in [0.3, 0.4) is 0 Å². The van der Waals surface area contributed by atoms with Gasteiger partial charge >= 0.3 is 0 Å². The van der Waals surface area contributed by atoms with Crippen molar-refractivity contribution in [3.05, 3.63) is 65.7 Å². The Morgan fingerprint density at radius 1 is 1.18 bits per heavy atom. The Bertz CT molecular complexity index is 960. The number of carbonyl (C=O) groups excluding carboxylic acids is 2. The maximum Gasteiger partial charge on any atom is 0.255 e. The zero-order valence-electron chi connectivity index (χ0n) is 16.2. The molecule has 0 aliphatic heterocycles. The van der Waals surface area contributed by atoms with Crippen LogP contribution in [-0.2, 0) is 17.9 Å². The maximum absolute atomic E-state index is 12.3. The van der Waals surface area contributed by atoms with Crippen molar-refractivity contribution in [1.82, 2.24) is 24.9 Å². The van der Waals surface area contributed by atoms with Crippen LogP contribution in [0.25, 0.3) is 0 Å². The van der Waals surface area contributed by atoms with Gasteiger partial charge in [-0.1, -0.05) is 18.2 Å². The van der Waals surface area contributed by atoms with Gasteiger partial charge in [-0.3, -0.25) is 19.0 Å². The summed E-state index contributed by atoms with van der Waals surface area (Å²) in [5, 5.41) is 14.2. The van der Waals surface area contributed by atoms with Crippen molar-refractivity contribution in [1.29, 1.82) is 0 Å². The normalized spacial score (nSPS) is 11.8. The second-order valence-corrected chi connectivity index (χ2v) is 6.82. The van der Waals surface area contributed by atoms with Crippen LogP contribution in [0.15, 0.2) is 48.8 Å². The van der Waals surface area contributed by atoms with Crippen LogP contribution < -0.4 is 10.6 Å². The average molecular weight is 380 g/mol. The number of anilines is 1. The minimum Gasteiger partial charge on any atom is -0.350 e. The van der Waals surface area contributed by atoms with Crippen LogP contribution in [0.2, 0.25) is 0 Å². The molecule has 28 heavy (non-hydrogen) atoms. The fraction of sp³-hybridized carbons (Fsp3) is 0.300. The topological polar surface area (TPSA) is 93.8 Å². The van der Waals surface area contributed by atoms with Crippen LogP contribution in [0.4, 0.5) is 5.69 Å². The number of aromatic nitrogens is 4. The molecule has 3 aromatic rings. The third kappa shape index (κ3) is 5.06.